The molecule has 2 rings (SSSR count). The monoisotopic (exact) mass is 168 g/mol. The Morgan fingerprint density at radius 3 is 2.33 bits per heavy atom. The van der Waals surface area contributed by atoms with Crippen molar-refractivity contribution in [1.29, 1.82) is 0 Å². The molecule has 0 spiro atoms. The first-order chi connectivity index (χ1) is 5.36. The van der Waals surface area contributed by atoms with Crippen LogP contribution in [-0.2, 0) is 0 Å². The van der Waals surface area contributed by atoms with Crippen LogP contribution in [0, 0.1) is 0 Å². The van der Waals surface area contributed by atoms with E-state index < -0.39 is 0 Å². The van der Waals surface area contributed by atoms with Crippen molar-refractivity contribution < 1.29 is 36.1 Å². The van der Waals surface area contributed by atoms with Gasteiger partial charge in [0.25, 0.3) is 0 Å². The summed E-state index contributed by atoms with van der Waals surface area (Å²) in [6.45, 7) is 0. The van der Waals surface area contributed by atoms with Crippen molar-refractivity contribution in [3.8, 4) is 5.75 Å². The van der Waals surface area contributed by atoms with E-state index in [1.807, 2.05) is 30.3 Å². The zero-order valence-electron chi connectivity index (χ0n) is 7.99. The average Bonchev–Trinajstić information content (AvgIpc) is 2.04. The van der Waals surface area contributed by atoms with Gasteiger partial charge in [0.15, 0.2) is 0 Å². The first-order valence-corrected chi connectivity index (χ1v) is 3.54. The van der Waals surface area contributed by atoms with Crippen molar-refractivity contribution in [1.82, 2.24) is 0 Å². The zero-order chi connectivity index (χ0) is 7.68. The summed E-state index contributed by atoms with van der Waals surface area (Å²) in [6, 6.07) is 13.3. The molecule has 2 heteroatoms. The topological polar surface area (TPSA) is 20.2 Å². The molecule has 0 saturated heterocycles. The first kappa shape index (κ1) is 9.59. The van der Waals surface area contributed by atoms with E-state index in [1.54, 1.807) is 12.1 Å². The number of phenols is 1. The van der Waals surface area contributed by atoms with Gasteiger partial charge in [-0.3, -0.25) is 0 Å². The molecule has 12 heavy (non-hydrogen) atoms. The van der Waals surface area contributed by atoms with E-state index in [-0.39, 0.29) is 31.0 Å². The van der Waals surface area contributed by atoms with Crippen LogP contribution in [0.2, 0.25) is 0 Å². The molecule has 0 fully saturated rings. The van der Waals surface area contributed by atoms with Gasteiger partial charge in [-0.1, -0.05) is 30.3 Å². The third kappa shape index (κ3) is 1.81. The van der Waals surface area contributed by atoms with Crippen LogP contribution in [0.4, 0.5) is 0 Å². The van der Waals surface area contributed by atoms with Gasteiger partial charge < -0.3 is 6.53 Å². The van der Waals surface area contributed by atoms with Gasteiger partial charge in [-0.15, -0.1) is 0 Å². The Morgan fingerprint density at radius 1 is 0.917 bits per heavy atom. The predicted molar refractivity (Wildman–Crippen MR) is 46.7 cm³/mol. The number of hydrogen-bond acceptors (Lipinski definition) is 1. The number of phenolic OH excluding ortho intramolecular Hbond substituents is 1. The van der Waals surface area contributed by atoms with Crippen LogP contribution in [0.5, 0.6) is 5.75 Å². The van der Waals surface area contributed by atoms with Gasteiger partial charge in [0, 0.05) is 0 Å². The Labute approximate surface area is 94.8 Å². The van der Waals surface area contributed by atoms with E-state index in [4.69, 9.17) is 5.11 Å². The summed E-state index contributed by atoms with van der Waals surface area (Å²) >= 11 is 0. The quantitative estimate of drug-likeness (QED) is 0.534. The minimum Gasteiger partial charge on any atom is -1.00 e. The van der Waals surface area contributed by atoms with Crippen molar-refractivity contribution in [3.63, 3.8) is 0 Å². The number of fused-ring (bicyclic) bond motifs is 1. The molecule has 0 aliphatic heterocycles. The van der Waals surface area contributed by atoms with Crippen LogP contribution in [0.3, 0.4) is 0 Å². The second kappa shape index (κ2) is 3.94. The molecule has 2 aromatic rings. The molecule has 56 valence electrons. The molecule has 1 N–H and O–H groups in total. The van der Waals surface area contributed by atoms with E-state index in [0.29, 0.717) is 5.75 Å². The van der Waals surface area contributed by atoms with Crippen molar-refractivity contribution >= 4 is 10.8 Å². The Balaban J connectivity index is 0.000000720. The van der Waals surface area contributed by atoms with Gasteiger partial charge in [0.2, 0.25) is 0 Å². The number of benzene rings is 2. The van der Waals surface area contributed by atoms with Crippen molar-refractivity contribution in [2.45, 2.75) is 0 Å². The van der Waals surface area contributed by atoms with Crippen LogP contribution in [0.15, 0.2) is 42.5 Å². The molecular weight excluding hydrogens is 159 g/mol. The molecular formula is C10H9NaO. The third-order valence-electron chi connectivity index (χ3n) is 1.73. The van der Waals surface area contributed by atoms with E-state index in [1.165, 1.54) is 0 Å². The minimum absolute atomic E-state index is 0. The Hall–Kier alpha value is -0.500. The summed E-state index contributed by atoms with van der Waals surface area (Å²) in [5.41, 5.74) is 0. The van der Waals surface area contributed by atoms with Crippen LogP contribution >= 0.6 is 0 Å². The molecule has 1 nitrogen and oxygen atoms in total. The van der Waals surface area contributed by atoms with Crippen LogP contribution in [0.1, 0.15) is 1.43 Å². The summed E-state index contributed by atoms with van der Waals surface area (Å²) in [7, 11) is 0. The standard InChI is InChI=1S/C10H8O.Na.H/c11-10-6-5-8-3-1-2-4-9(8)7-10;;/h1-7,11H;;/q;+1;-1. The third-order valence-corrected chi connectivity index (χ3v) is 1.73. The number of aromatic hydroxyl groups is 1. The molecule has 0 aromatic heterocycles. The first-order valence-electron chi connectivity index (χ1n) is 3.54. The largest absolute Gasteiger partial charge is 1.00 e. The molecule has 0 amide bonds. The van der Waals surface area contributed by atoms with E-state index in [0.717, 1.165) is 10.8 Å². The minimum atomic E-state index is 0. The molecule has 0 unspecified atom stereocenters. The SMILES string of the molecule is Oc1ccc2ccccc2c1.[H-].[Na+]. The van der Waals surface area contributed by atoms with Crippen molar-refractivity contribution in [2.24, 2.45) is 0 Å². The predicted octanol–water partition coefficient (Wildman–Crippen LogP) is -0.338. The second-order valence-corrected chi connectivity index (χ2v) is 2.53. The van der Waals surface area contributed by atoms with E-state index >= 15 is 0 Å². The maximum atomic E-state index is 9.13. The Bertz CT molecular complexity index is 389. The average molecular weight is 168 g/mol. The van der Waals surface area contributed by atoms with Gasteiger partial charge in [-0.05, 0) is 22.9 Å². The fourth-order valence-electron chi connectivity index (χ4n) is 1.18. The van der Waals surface area contributed by atoms with Gasteiger partial charge in [-0.25, -0.2) is 0 Å². The van der Waals surface area contributed by atoms with Crippen molar-refractivity contribution in [3.05, 3.63) is 42.5 Å². The van der Waals surface area contributed by atoms with Gasteiger partial charge in [0.05, 0.1) is 0 Å². The maximum Gasteiger partial charge on any atom is 1.00 e. The smallest absolute Gasteiger partial charge is 1.00 e. The van der Waals surface area contributed by atoms with Crippen LogP contribution in [0.25, 0.3) is 10.8 Å². The molecule has 0 bridgehead atoms. The molecule has 0 aliphatic carbocycles. The zero-order valence-corrected chi connectivity index (χ0v) is 8.99. The number of rotatable bonds is 0. The fourth-order valence-corrected chi connectivity index (χ4v) is 1.18. The van der Waals surface area contributed by atoms with Crippen LogP contribution < -0.4 is 29.6 Å². The molecule has 0 aliphatic rings. The molecule has 2 aromatic carbocycles. The van der Waals surface area contributed by atoms with Gasteiger partial charge in [-0.2, -0.15) is 0 Å². The Kier molecular flexibility index (Phi) is 3.15. The Morgan fingerprint density at radius 2 is 1.58 bits per heavy atom. The normalized spacial score (nSPS) is 9.33. The molecule has 0 atom stereocenters. The summed E-state index contributed by atoms with van der Waals surface area (Å²) in [6.07, 6.45) is 0. The summed E-state index contributed by atoms with van der Waals surface area (Å²) in [4.78, 5) is 0. The molecule has 0 radical (unpaired) electrons. The van der Waals surface area contributed by atoms with E-state index in [2.05, 4.69) is 0 Å². The number of hydrogen-bond donors (Lipinski definition) is 1. The van der Waals surface area contributed by atoms with Gasteiger partial charge in [0.1, 0.15) is 5.75 Å². The maximum absolute atomic E-state index is 9.13. The summed E-state index contributed by atoms with van der Waals surface area (Å²) in [5.74, 6) is 0.323. The van der Waals surface area contributed by atoms with E-state index in [9.17, 15) is 0 Å². The molecule has 0 saturated carbocycles. The van der Waals surface area contributed by atoms with Crippen molar-refractivity contribution in [2.75, 3.05) is 0 Å². The second-order valence-electron chi connectivity index (χ2n) is 2.53. The molecule has 0 heterocycles. The summed E-state index contributed by atoms with van der Waals surface area (Å²) < 4.78 is 0. The summed E-state index contributed by atoms with van der Waals surface area (Å²) in [5, 5.41) is 11.4. The fraction of sp³-hybridized carbons (Fsp3) is 0. The van der Waals surface area contributed by atoms with Gasteiger partial charge >= 0.3 is 29.6 Å². The van der Waals surface area contributed by atoms with Crippen LogP contribution in [-0.4, -0.2) is 5.11 Å².